The van der Waals surface area contributed by atoms with Crippen LogP contribution >= 0.6 is 27.5 Å². The molecule has 0 atom stereocenters. The minimum Gasteiger partial charge on any atom is -0.292 e. The zero-order valence-corrected chi connectivity index (χ0v) is 12.4. The summed E-state index contributed by atoms with van der Waals surface area (Å²) in [6.45, 7) is 0. The summed E-state index contributed by atoms with van der Waals surface area (Å²) in [4.78, 5) is 4.32. The van der Waals surface area contributed by atoms with Gasteiger partial charge in [0.2, 0.25) is 0 Å². The highest BCUT2D eigenvalue weighted by atomic mass is 79.9. The molecule has 0 saturated heterocycles. The van der Waals surface area contributed by atoms with Crippen molar-refractivity contribution in [3.63, 3.8) is 0 Å². The summed E-state index contributed by atoms with van der Waals surface area (Å²) in [6, 6.07) is 9.11. The van der Waals surface area contributed by atoms with Gasteiger partial charge in [-0.15, -0.1) is 11.6 Å². The first-order valence-electron chi connectivity index (χ1n) is 5.79. The van der Waals surface area contributed by atoms with Gasteiger partial charge in [-0.3, -0.25) is 4.57 Å². The Labute approximate surface area is 127 Å². The number of fused-ring (bicyclic) bond motifs is 1. The number of hydrogen-bond donors (Lipinski definition) is 0. The van der Waals surface area contributed by atoms with Crippen LogP contribution in [-0.2, 0) is 5.88 Å². The van der Waals surface area contributed by atoms with Gasteiger partial charge >= 0.3 is 0 Å². The van der Waals surface area contributed by atoms with Crippen LogP contribution in [0, 0.1) is 11.6 Å². The molecule has 0 radical (unpaired) electrons. The van der Waals surface area contributed by atoms with Crippen molar-refractivity contribution < 1.29 is 8.78 Å². The SMILES string of the molecule is Fc1cc2c(cc1Br)nc(CCl)n2-c1ccccc1F. The van der Waals surface area contributed by atoms with Crippen molar-refractivity contribution in [2.45, 2.75) is 5.88 Å². The van der Waals surface area contributed by atoms with Crippen LogP contribution in [0.25, 0.3) is 16.7 Å². The number of benzene rings is 2. The first-order valence-corrected chi connectivity index (χ1v) is 7.12. The zero-order chi connectivity index (χ0) is 14.3. The summed E-state index contributed by atoms with van der Waals surface area (Å²) in [5.74, 6) is -0.288. The lowest BCUT2D eigenvalue weighted by molar-refractivity contribution is 0.615. The molecule has 0 amide bonds. The standard InChI is InChI=1S/C14H8BrClF2N2/c15-8-5-11-13(6-10(8)18)20(14(7-16)19-11)12-4-2-1-3-9(12)17/h1-6H,7H2. The first kappa shape index (κ1) is 13.5. The van der Waals surface area contributed by atoms with Gasteiger partial charge in [-0.05, 0) is 34.1 Å². The van der Waals surface area contributed by atoms with E-state index in [-0.39, 0.29) is 5.88 Å². The van der Waals surface area contributed by atoms with E-state index in [1.54, 1.807) is 24.3 Å². The molecule has 0 fully saturated rings. The second kappa shape index (κ2) is 5.14. The number of para-hydroxylation sites is 1. The van der Waals surface area contributed by atoms with Crippen molar-refractivity contribution in [2.75, 3.05) is 0 Å². The van der Waals surface area contributed by atoms with Crippen molar-refractivity contribution in [3.05, 3.63) is 58.3 Å². The molecule has 6 heteroatoms. The van der Waals surface area contributed by atoms with E-state index in [1.807, 2.05) is 0 Å². The van der Waals surface area contributed by atoms with Crippen molar-refractivity contribution in [2.24, 2.45) is 0 Å². The van der Waals surface area contributed by atoms with E-state index in [2.05, 4.69) is 20.9 Å². The van der Waals surface area contributed by atoms with E-state index in [9.17, 15) is 8.78 Å². The van der Waals surface area contributed by atoms with Crippen molar-refractivity contribution in [3.8, 4) is 5.69 Å². The lowest BCUT2D eigenvalue weighted by Crippen LogP contribution is -2.02. The summed E-state index contributed by atoms with van der Waals surface area (Å²) in [6.07, 6.45) is 0. The van der Waals surface area contributed by atoms with E-state index in [0.717, 1.165) is 0 Å². The Hall–Kier alpha value is -1.46. The van der Waals surface area contributed by atoms with Crippen LogP contribution in [0.15, 0.2) is 40.9 Å². The highest BCUT2D eigenvalue weighted by Crippen LogP contribution is 2.28. The number of nitrogens with zero attached hydrogens (tertiary/aromatic N) is 2. The van der Waals surface area contributed by atoms with Gasteiger partial charge < -0.3 is 0 Å². The average molecular weight is 358 g/mol. The van der Waals surface area contributed by atoms with Crippen LogP contribution in [0.5, 0.6) is 0 Å². The Bertz CT molecular complexity index is 801. The molecule has 1 heterocycles. The fraction of sp³-hybridized carbons (Fsp3) is 0.0714. The summed E-state index contributed by atoms with van der Waals surface area (Å²) in [5, 5.41) is 0. The van der Waals surface area contributed by atoms with Crippen LogP contribution in [0.3, 0.4) is 0 Å². The molecule has 2 aromatic carbocycles. The summed E-state index contributed by atoms with van der Waals surface area (Å²) in [7, 11) is 0. The minimum absolute atomic E-state index is 0.0995. The molecule has 0 N–H and O–H groups in total. The lowest BCUT2D eigenvalue weighted by atomic mass is 10.2. The highest BCUT2D eigenvalue weighted by Gasteiger charge is 2.16. The van der Waals surface area contributed by atoms with Crippen LogP contribution in [0.4, 0.5) is 8.78 Å². The molecule has 0 aliphatic rings. The van der Waals surface area contributed by atoms with Crippen LogP contribution in [0.2, 0.25) is 0 Å². The summed E-state index contributed by atoms with van der Waals surface area (Å²) in [5.41, 5.74) is 1.33. The third-order valence-electron chi connectivity index (χ3n) is 2.98. The molecule has 3 rings (SSSR count). The van der Waals surface area contributed by atoms with Gasteiger partial charge in [0.1, 0.15) is 17.5 Å². The average Bonchev–Trinajstić information content (AvgIpc) is 2.77. The molecular weight excluding hydrogens is 350 g/mol. The van der Waals surface area contributed by atoms with Gasteiger partial charge in [-0.2, -0.15) is 0 Å². The fourth-order valence-electron chi connectivity index (χ4n) is 2.11. The molecule has 102 valence electrons. The molecule has 0 aliphatic heterocycles. The number of rotatable bonds is 2. The topological polar surface area (TPSA) is 17.8 Å². The van der Waals surface area contributed by atoms with Crippen LogP contribution in [-0.4, -0.2) is 9.55 Å². The van der Waals surface area contributed by atoms with E-state index in [1.165, 1.54) is 16.7 Å². The summed E-state index contributed by atoms with van der Waals surface area (Å²) >= 11 is 8.99. The molecule has 0 aliphatic carbocycles. The van der Waals surface area contributed by atoms with Gasteiger partial charge in [-0.1, -0.05) is 12.1 Å². The predicted octanol–water partition coefficient (Wildman–Crippen LogP) is 4.81. The normalized spacial score (nSPS) is 11.2. The summed E-state index contributed by atoms with van der Waals surface area (Å²) < 4.78 is 29.6. The second-order valence-corrected chi connectivity index (χ2v) is 5.33. The smallest absolute Gasteiger partial charge is 0.147 e. The molecule has 0 spiro atoms. The van der Waals surface area contributed by atoms with Crippen molar-refractivity contribution in [1.82, 2.24) is 9.55 Å². The van der Waals surface area contributed by atoms with Gasteiger partial charge in [0.15, 0.2) is 0 Å². The van der Waals surface area contributed by atoms with Crippen LogP contribution < -0.4 is 0 Å². The maximum Gasteiger partial charge on any atom is 0.147 e. The Morgan fingerprint density at radius 3 is 2.60 bits per heavy atom. The number of alkyl halides is 1. The first-order chi connectivity index (χ1) is 9.61. The predicted molar refractivity (Wildman–Crippen MR) is 78.2 cm³/mol. The molecule has 0 bridgehead atoms. The number of imidazole rings is 1. The second-order valence-electron chi connectivity index (χ2n) is 4.20. The lowest BCUT2D eigenvalue weighted by Gasteiger charge is -2.08. The molecule has 3 aromatic rings. The third-order valence-corrected chi connectivity index (χ3v) is 3.83. The van der Waals surface area contributed by atoms with E-state index >= 15 is 0 Å². The number of aromatic nitrogens is 2. The number of halogens is 4. The minimum atomic E-state index is -0.434. The zero-order valence-electron chi connectivity index (χ0n) is 10.1. The van der Waals surface area contributed by atoms with E-state index in [4.69, 9.17) is 11.6 Å². The van der Waals surface area contributed by atoms with Crippen molar-refractivity contribution >= 4 is 38.6 Å². The quantitative estimate of drug-likeness (QED) is 0.602. The molecule has 20 heavy (non-hydrogen) atoms. The highest BCUT2D eigenvalue weighted by molar-refractivity contribution is 9.10. The maximum absolute atomic E-state index is 14.0. The Morgan fingerprint density at radius 1 is 1.15 bits per heavy atom. The molecular formula is C14H8BrClF2N2. The van der Waals surface area contributed by atoms with E-state index in [0.29, 0.717) is 27.0 Å². The third kappa shape index (κ3) is 2.11. The Balaban J connectivity index is 2.39. The fourth-order valence-corrected chi connectivity index (χ4v) is 2.62. The van der Waals surface area contributed by atoms with Crippen LogP contribution in [0.1, 0.15) is 5.82 Å². The van der Waals surface area contributed by atoms with Gasteiger partial charge in [0.05, 0.1) is 27.1 Å². The van der Waals surface area contributed by atoms with Crippen molar-refractivity contribution in [1.29, 1.82) is 0 Å². The van der Waals surface area contributed by atoms with Gasteiger partial charge in [0, 0.05) is 6.07 Å². The molecule has 0 saturated carbocycles. The molecule has 1 aromatic heterocycles. The Morgan fingerprint density at radius 2 is 1.90 bits per heavy atom. The molecule has 2 nitrogen and oxygen atoms in total. The number of hydrogen-bond acceptors (Lipinski definition) is 1. The monoisotopic (exact) mass is 356 g/mol. The largest absolute Gasteiger partial charge is 0.292 e. The van der Waals surface area contributed by atoms with Gasteiger partial charge in [-0.25, -0.2) is 13.8 Å². The molecule has 0 unspecified atom stereocenters. The maximum atomic E-state index is 14.0. The Kier molecular flexibility index (Phi) is 3.48. The van der Waals surface area contributed by atoms with E-state index < -0.39 is 11.6 Å². The van der Waals surface area contributed by atoms with Gasteiger partial charge in [0.25, 0.3) is 0 Å².